The zero-order valence-corrected chi connectivity index (χ0v) is 19.0. The van der Waals surface area contributed by atoms with E-state index < -0.39 is 8.32 Å². The van der Waals surface area contributed by atoms with E-state index in [0.29, 0.717) is 51.8 Å². The van der Waals surface area contributed by atoms with Gasteiger partial charge in [-0.05, 0) is 30.3 Å². The number of benzene rings is 1. The highest BCUT2D eigenvalue weighted by Gasteiger charge is 2.36. The SMILES string of the molecule is CC(C)(C)[Si](C)(C)OCCOCCOCCOCCOC(=O)c1ccccc1. The molecule has 1 rings (SSSR count). The van der Waals surface area contributed by atoms with E-state index in [4.69, 9.17) is 23.4 Å². The van der Waals surface area contributed by atoms with Crippen LogP contribution in [-0.2, 0) is 23.4 Å². The highest BCUT2D eigenvalue weighted by atomic mass is 28.4. The zero-order chi connectivity index (χ0) is 20.9. The van der Waals surface area contributed by atoms with E-state index in [1.807, 2.05) is 6.07 Å². The zero-order valence-electron chi connectivity index (χ0n) is 18.0. The van der Waals surface area contributed by atoms with E-state index in [1.165, 1.54) is 0 Å². The van der Waals surface area contributed by atoms with Crippen LogP contribution in [-0.4, -0.2) is 67.1 Å². The summed E-state index contributed by atoms with van der Waals surface area (Å²) in [6.45, 7) is 14.9. The number of carbonyl (C=O) groups excluding carboxylic acids is 1. The Hall–Kier alpha value is -1.25. The molecule has 0 aliphatic carbocycles. The minimum atomic E-state index is -1.69. The van der Waals surface area contributed by atoms with Crippen molar-refractivity contribution < 1.29 is 28.2 Å². The maximum absolute atomic E-state index is 11.7. The first-order valence-corrected chi connectivity index (χ1v) is 12.7. The molecule has 0 aliphatic rings. The van der Waals surface area contributed by atoms with Crippen LogP contribution >= 0.6 is 0 Å². The predicted octanol–water partition coefficient (Wildman–Crippen LogP) is 3.92. The number of esters is 1. The Morgan fingerprint density at radius 2 is 1.25 bits per heavy atom. The number of hydrogen-bond acceptors (Lipinski definition) is 6. The molecule has 0 aromatic heterocycles. The average Bonchev–Trinajstić information content (AvgIpc) is 2.65. The second kappa shape index (κ2) is 13.1. The highest BCUT2D eigenvalue weighted by Crippen LogP contribution is 2.36. The summed E-state index contributed by atoms with van der Waals surface area (Å²) in [4.78, 5) is 11.7. The molecule has 0 saturated heterocycles. The molecule has 0 bridgehead atoms. The van der Waals surface area contributed by atoms with Crippen molar-refractivity contribution in [3.05, 3.63) is 35.9 Å². The van der Waals surface area contributed by atoms with E-state index in [2.05, 4.69) is 33.9 Å². The van der Waals surface area contributed by atoms with Gasteiger partial charge in [-0.3, -0.25) is 0 Å². The number of hydrogen-bond donors (Lipinski definition) is 0. The molecule has 1 aromatic carbocycles. The molecular formula is C21H36O6Si. The summed E-state index contributed by atoms with van der Waals surface area (Å²) in [6.07, 6.45) is 0. The summed E-state index contributed by atoms with van der Waals surface area (Å²) in [7, 11) is -1.69. The van der Waals surface area contributed by atoms with Crippen molar-refractivity contribution in [2.45, 2.75) is 38.9 Å². The van der Waals surface area contributed by atoms with E-state index in [9.17, 15) is 4.79 Å². The molecule has 28 heavy (non-hydrogen) atoms. The summed E-state index contributed by atoms with van der Waals surface area (Å²) in [5.41, 5.74) is 0.542. The molecule has 0 heterocycles. The van der Waals surface area contributed by atoms with Crippen molar-refractivity contribution >= 4 is 14.3 Å². The second-order valence-electron chi connectivity index (χ2n) is 7.95. The van der Waals surface area contributed by atoms with Crippen molar-refractivity contribution in [2.24, 2.45) is 0 Å². The number of ether oxygens (including phenoxy) is 4. The van der Waals surface area contributed by atoms with Gasteiger partial charge >= 0.3 is 5.97 Å². The Bertz CT molecular complexity index is 542. The van der Waals surface area contributed by atoms with Gasteiger partial charge in [0.15, 0.2) is 8.32 Å². The van der Waals surface area contributed by atoms with Gasteiger partial charge in [0.25, 0.3) is 0 Å². The summed E-state index contributed by atoms with van der Waals surface area (Å²) in [5.74, 6) is -0.338. The highest BCUT2D eigenvalue weighted by molar-refractivity contribution is 6.74. The fourth-order valence-corrected chi connectivity index (χ4v) is 2.99. The lowest BCUT2D eigenvalue weighted by atomic mass is 10.2. The summed E-state index contributed by atoms with van der Waals surface area (Å²) < 4.78 is 27.5. The Kier molecular flexibility index (Phi) is 11.6. The Balaban J connectivity index is 1.88. The van der Waals surface area contributed by atoms with Gasteiger partial charge in [-0.1, -0.05) is 39.0 Å². The lowest BCUT2D eigenvalue weighted by Crippen LogP contribution is -2.41. The smallest absolute Gasteiger partial charge is 0.338 e. The van der Waals surface area contributed by atoms with Gasteiger partial charge in [-0.15, -0.1) is 0 Å². The van der Waals surface area contributed by atoms with Gasteiger partial charge in [-0.25, -0.2) is 4.79 Å². The minimum Gasteiger partial charge on any atom is -0.460 e. The standard InChI is InChI=1S/C21H36O6Si/c1-21(2,3)28(4,5)27-18-16-25-14-12-23-11-13-24-15-17-26-20(22)19-9-7-6-8-10-19/h6-10H,11-18H2,1-5H3. The third kappa shape index (κ3) is 10.3. The molecule has 7 heteroatoms. The molecule has 0 atom stereocenters. The third-order valence-corrected chi connectivity index (χ3v) is 9.25. The van der Waals surface area contributed by atoms with Crippen molar-refractivity contribution in [1.82, 2.24) is 0 Å². The van der Waals surface area contributed by atoms with Crippen molar-refractivity contribution in [2.75, 3.05) is 52.9 Å². The van der Waals surface area contributed by atoms with Crippen LogP contribution < -0.4 is 0 Å². The average molecular weight is 413 g/mol. The van der Waals surface area contributed by atoms with Gasteiger partial charge < -0.3 is 23.4 Å². The number of rotatable bonds is 14. The predicted molar refractivity (Wildman–Crippen MR) is 112 cm³/mol. The molecule has 6 nitrogen and oxygen atoms in total. The van der Waals surface area contributed by atoms with Crippen LogP contribution in [0.5, 0.6) is 0 Å². The van der Waals surface area contributed by atoms with Crippen LogP contribution in [0.1, 0.15) is 31.1 Å². The van der Waals surface area contributed by atoms with E-state index in [-0.39, 0.29) is 17.6 Å². The molecule has 0 amide bonds. The van der Waals surface area contributed by atoms with Crippen LogP contribution in [0.4, 0.5) is 0 Å². The summed E-state index contributed by atoms with van der Waals surface area (Å²) in [5, 5.41) is 0.218. The molecule has 0 saturated carbocycles. The lowest BCUT2D eigenvalue weighted by Gasteiger charge is -2.36. The fraction of sp³-hybridized carbons (Fsp3) is 0.667. The lowest BCUT2D eigenvalue weighted by molar-refractivity contribution is -0.00266. The molecule has 1 aromatic rings. The monoisotopic (exact) mass is 412 g/mol. The quantitative estimate of drug-likeness (QED) is 0.262. The molecule has 0 N–H and O–H groups in total. The minimum absolute atomic E-state index is 0.218. The van der Waals surface area contributed by atoms with Gasteiger partial charge in [-0.2, -0.15) is 0 Å². The van der Waals surface area contributed by atoms with E-state index >= 15 is 0 Å². The van der Waals surface area contributed by atoms with Crippen LogP contribution in [0.25, 0.3) is 0 Å². The molecule has 0 aliphatic heterocycles. The maximum atomic E-state index is 11.7. The first-order valence-electron chi connectivity index (χ1n) is 9.83. The van der Waals surface area contributed by atoms with Crippen LogP contribution in [0.3, 0.4) is 0 Å². The molecule has 0 radical (unpaired) electrons. The van der Waals surface area contributed by atoms with Crippen molar-refractivity contribution in [1.29, 1.82) is 0 Å². The van der Waals surface area contributed by atoms with Crippen LogP contribution in [0, 0.1) is 0 Å². The molecular weight excluding hydrogens is 376 g/mol. The maximum Gasteiger partial charge on any atom is 0.338 e. The second-order valence-corrected chi connectivity index (χ2v) is 12.8. The Morgan fingerprint density at radius 3 is 1.75 bits per heavy atom. The topological polar surface area (TPSA) is 63.2 Å². The molecule has 0 unspecified atom stereocenters. The van der Waals surface area contributed by atoms with Crippen molar-refractivity contribution in [3.63, 3.8) is 0 Å². The van der Waals surface area contributed by atoms with Gasteiger partial charge in [0, 0.05) is 0 Å². The Morgan fingerprint density at radius 1 is 0.786 bits per heavy atom. The summed E-state index contributed by atoms with van der Waals surface area (Å²) in [6, 6.07) is 8.90. The largest absolute Gasteiger partial charge is 0.460 e. The number of carbonyl (C=O) groups is 1. The van der Waals surface area contributed by atoms with Gasteiger partial charge in [0.1, 0.15) is 6.61 Å². The third-order valence-electron chi connectivity index (χ3n) is 4.71. The van der Waals surface area contributed by atoms with E-state index in [0.717, 1.165) is 0 Å². The van der Waals surface area contributed by atoms with Crippen molar-refractivity contribution in [3.8, 4) is 0 Å². The first kappa shape index (κ1) is 24.8. The molecule has 160 valence electrons. The fourth-order valence-electron chi connectivity index (χ4n) is 1.97. The van der Waals surface area contributed by atoms with Crippen LogP contribution in [0.15, 0.2) is 30.3 Å². The van der Waals surface area contributed by atoms with Crippen LogP contribution in [0.2, 0.25) is 18.1 Å². The molecule has 0 fully saturated rings. The summed E-state index contributed by atoms with van der Waals surface area (Å²) >= 11 is 0. The molecule has 0 spiro atoms. The normalized spacial score (nSPS) is 12.2. The Labute approximate surface area is 170 Å². The first-order chi connectivity index (χ1) is 13.2. The van der Waals surface area contributed by atoms with Gasteiger partial charge in [0.2, 0.25) is 0 Å². The van der Waals surface area contributed by atoms with Gasteiger partial charge in [0.05, 0.1) is 51.8 Å². The van der Waals surface area contributed by atoms with E-state index in [1.54, 1.807) is 24.3 Å².